The lowest BCUT2D eigenvalue weighted by Gasteiger charge is -2.34. The van der Waals surface area contributed by atoms with Crippen LogP contribution < -0.4 is 10.6 Å². The largest absolute Gasteiger partial charge is 0.370 e. The maximum Gasteiger partial charge on any atom is 0.196 e. The maximum absolute atomic E-state index is 6.11. The molecule has 102 valence electrons. The van der Waals surface area contributed by atoms with Gasteiger partial charge in [-0.15, -0.1) is 0 Å². The summed E-state index contributed by atoms with van der Waals surface area (Å²) in [5, 5.41) is 0. The number of nitrogens with zero attached hydrogens (tertiary/aromatic N) is 2. The van der Waals surface area contributed by atoms with Crippen LogP contribution in [0.4, 0.5) is 5.69 Å². The van der Waals surface area contributed by atoms with Gasteiger partial charge in [-0.1, -0.05) is 35.2 Å². The van der Waals surface area contributed by atoms with Crippen molar-refractivity contribution in [2.75, 3.05) is 11.4 Å². The third-order valence-electron chi connectivity index (χ3n) is 4.32. The van der Waals surface area contributed by atoms with Crippen LogP contribution in [-0.4, -0.2) is 18.5 Å². The first-order chi connectivity index (χ1) is 9.25. The number of rotatable bonds is 2. The molecule has 1 heterocycles. The van der Waals surface area contributed by atoms with Crippen LogP contribution in [0, 0.1) is 5.92 Å². The van der Waals surface area contributed by atoms with Crippen molar-refractivity contribution in [1.82, 2.24) is 0 Å². The lowest BCUT2D eigenvalue weighted by atomic mass is 9.83. The van der Waals surface area contributed by atoms with Crippen LogP contribution in [0.1, 0.15) is 32.1 Å². The minimum absolute atomic E-state index is 0.460. The molecule has 0 amide bonds. The second-order valence-electron chi connectivity index (χ2n) is 5.51. The molecule has 1 unspecified atom stereocenters. The molecule has 1 aromatic rings. The number of hydrogen-bond donors (Lipinski definition) is 1. The van der Waals surface area contributed by atoms with Crippen molar-refractivity contribution in [2.45, 2.75) is 38.1 Å². The summed E-state index contributed by atoms with van der Waals surface area (Å²) in [5.74, 6) is 1.42. The predicted molar refractivity (Wildman–Crippen MR) is 83.5 cm³/mol. The van der Waals surface area contributed by atoms with Crippen LogP contribution in [0.3, 0.4) is 0 Å². The standard InChI is InChI=1S/C15H20BrN3/c16-12-6-8-13(9-7-12)19-14(10-18-15(19)17)11-4-2-1-3-5-11/h6-9,11,14H,1-5,10H2,(H2,17,18). The van der Waals surface area contributed by atoms with Crippen molar-refractivity contribution in [3.8, 4) is 0 Å². The lowest BCUT2D eigenvalue weighted by molar-refractivity contribution is 0.314. The first-order valence-electron chi connectivity index (χ1n) is 7.10. The molecule has 1 aliphatic heterocycles. The number of halogens is 1. The van der Waals surface area contributed by atoms with Gasteiger partial charge in [-0.3, -0.25) is 4.99 Å². The third-order valence-corrected chi connectivity index (χ3v) is 4.85. The van der Waals surface area contributed by atoms with Crippen LogP contribution in [-0.2, 0) is 0 Å². The van der Waals surface area contributed by atoms with E-state index in [-0.39, 0.29) is 0 Å². The molecular weight excluding hydrogens is 302 g/mol. The van der Waals surface area contributed by atoms with Crippen molar-refractivity contribution in [3.63, 3.8) is 0 Å². The summed E-state index contributed by atoms with van der Waals surface area (Å²) in [6.45, 7) is 0.854. The second kappa shape index (κ2) is 5.53. The molecule has 0 saturated heterocycles. The molecule has 0 aromatic heterocycles. The van der Waals surface area contributed by atoms with Gasteiger partial charge in [0.15, 0.2) is 5.96 Å². The summed E-state index contributed by atoms with van der Waals surface area (Å²) in [5.41, 5.74) is 7.27. The number of guanidine groups is 1. The summed E-state index contributed by atoms with van der Waals surface area (Å²) in [6, 6.07) is 8.83. The Morgan fingerprint density at radius 2 is 1.79 bits per heavy atom. The number of benzene rings is 1. The van der Waals surface area contributed by atoms with Gasteiger partial charge in [0.05, 0.1) is 12.6 Å². The predicted octanol–water partition coefficient (Wildman–Crippen LogP) is 3.53. The zero-order valence-electron chi connectivity index (χ0n) is 11.1. The van der Waals surface area contributed by atoms with Gasteiger partial charge in [0.25, 0.3) is 0 Å². The van der Waals surface area contributed by atoms with E-state index in [4.69, 9.17) is 5.73 Å². The average molecular weight is 322 g/mol. The molecule has 3 nitrogen and oxygen atoms in total. The Labute approximate surface area is 123 Å². The van der Waals surface area contributed by atoms with Gasteiger partial charge in [0.1, 0.15) is 0 Å². The normalized spacial score (nSPS) is 24.6. The third kappa shape index (κ3) is 2.64. The Kier molecular flexibility index (Phi) is 3.78. The van der Waals surface area contributed by atoms with Gasteiger partial charge in [0.2, 0.25) is 0 Å². The molecular formula is C15H20BrN3. The fourth-order valence-corrected chi connectivity index (χ4v) is 3.58. The van der Waals surface area contributed by atoms with E-state index < -0.39 is 0 Å². The highest BCUT2D eigenvalue weighted by Gasteiger charge is 2.34. The molecule has 2 aliphatic rings. The quantitative estimate of drug-likeness (QED) is 0.905. The Bertz CT molecular complexity index is 463. The van der Waals surface area contributed by atoms with E-state index in [0.29, 0.717) is 12.0 Å². The summed E-state index contributed by atoms with van der Waals surface area (Å²) in [4.78, 5) is 6.72. The minimum atomic E-state index is 0.460. The van der Waals surface area contributed by atoms with E-state index in [1.54, 1.807) is 0 Å². The second-order valence-corrected chi connectivity index (χ2v) is 6.43. The van der Waals surface area contributed by atoms with Crippen LogP contribution >= 0.6 is 15.9 Å². The molecule has 4 heteroatoms. The first-order valence-corrected chi connectivity index (χ1v) is 7.90. The van der Waals surface area contributed by atoms with Gasteiger partial charge in [-0.25, -0.2) is 0 Å². The van der Waals surface area contributed by atoms with Gasteiger partial charge >= 0.3 is 0 Å². The molecule has 1 fully saturated rings. The molecule has 2 N–H and O–H groups in total. The van der Waals surface area contributed by atoms with Crippen molar-refractivity contribution in [1.29, 1.82) is 0 Å². The van der Waals surface area contributed by atoms with Gasteiger partial charge in [-0.2, -0.15) is 0 Å². The SMILES string of the molecule is NC1=NCC(C2CCCCC2)N1c1ccc(Br)cc1. The topological polar surface area (TPSA) is 41.6 Å². The van der Waals surface area contributed by atoms with E-state index in [1.165, 1.54) is 32.1 Å². The summed E-state index contributed by atoms with van der Waals surface area (Å²) < 4.78 is 1.10. The van der Waals surface area contributed by atoms with E-state index >= 15 is 0 Å². The van der Waals surface area contributed by atoms with Gasteiger partial charge < -0.3 is 10.6 Å². The zero-order valence-corrected chi connectivity index (χ0v) is 12.6. The highest BCUT2D eigenvalue weighted by Crippen LogP contribution is 2.33. The molecule has 1 saturated carbocycles. The smallest absolute Gasteiger partial charge is 0.196 e. The molecule has 1 aliphatic carbocycles. The number of aliphatic imine (C=N–C) groups is 1. The molecule has 0 radical (unpaired) electrons. The van der Waals surface area contributed by atoms with Crippen LogP contribution in [0.5, 0.6) is 0 Å². The van der Waals surface area contributed by atoms with Crippen LogP contribution in [0.2, 0.25) is 0 Å². The van der Waals surface area contributed by atoms with Crippen molar-refractivity contribution in [2.24, 2.45) is 16.6 Å². The Morgan fingerprint density at radius 1 is 1.11 bits per heavy atom. The number of hydrogen-bond acceptors (Lipinski definition) is 3. The fraction of sp³-hybridized carbons (Fsp3) is 0.533. The van der Waals surface area contributed by atoms with Gasteiger partial charge in [0, 0.05) is 10.2 Å². The number of anilines is 1. The van der Waals surface area contributed by atoms with Crippen molar-refractivity contribution in [3.05, 3.63) is 28.7 Å². The first kappa shape index (κ1) is 13.0. The zero-order chi connectivity index (χ0) is 13.2. The van der Waals surface area contributed by atoms with E-state index in [9.17, 15) is 0 Å². The molecule has 0 bridgehead atoms. The summed E-state index contributed by atoms with van der Waals surface area (Å²) >= 11 is 3.48. The highest BCUT2D eigenvalue weighted by molar-refractivity contribution is 9.10. The monoisotopic (exact) mass is 321 g/mol. The van der Waals surface area contributed by atoms with Gasteiger partial charge in [-0.05, 0) is 43.0 Å². The fourth-order valence-electron chi connectivity index (χ4n) is 3.32. The summed E-state index contributed by atoms with van der Waals surface area (Å²) in [6.07, 6.45) is 6.74. The molecule has 0 spiro atoms. The molecule has 3 rings (SSSR count). The Hall–Kier alpha value is -1.03. The van der Waals surface area contributed by atoms with E-state index in [2.05, 4.69) is 50.1 Å². The minimum Gasteiger partial charge on any atom is -0.370 e. The highest BCUT2D eigenvalue weighted by atomic mass is 79.9. The summed E-state index contributed by atoms with van der Waals surface area (Å²) in [7, 11) is 0. The lowest BCUT2D eigenvalue weighted by Crippen LogP contribution is -2.45. The molecule has 1 aromatic carbocycles. The van der Waals surface area contributed by atoms with Crippen molar-refractivity contribution >= 4 is 27.6 Å². The Morgan fingerprint density at radius 3 is 2.47 bits per heavy atom. The maximum atomic E-state index is 6.11. The van der Waals surface area contributed by atoms with E-state index in [1.807, 2.05) is 0 Å². The van der Waals surface area contributed by atoms with E-state index in [0.717, 1.165) is 22.6 Å². The van der Waals surface area contributed by atoms with Crippen molar-refractivity contribution < 1.29 is 0 Å². The average Bonchev–Trinajstić information content (AvgIpc) is 2.83. The molecule has 1 atom stereocenters. The number of nitrogens with two attached hydrogens (primary N) is 1. The molecule has 19 heavy (non-hydrogen) atoms. The van der Waals surface area contributed by atoms with Crippen LogP contribution in [0.25, 0.3) is 0 Å². The Balaban J connectivity index is 1.83. The van der Waals surface area contributed by atoms with Crippen LogP contribution in [0.15, 0.2) is 33.7 Å².